The van der Waals surface area contributed by atoms with Crippen molar-refractivity contribution < 1.29 is 13.2 Å². The van der Waals surface area contributed by atoms with E-state index in [2.05, 4.69) is 5.32 Å². The van der Waals surface area contributed by atoms with Crippen molar-refractivity contribution in [3.8, 4) is 0 Å². The van der Waals surface area contributed by atoms with Crippen LogP contribution in [0.4, 0.5) is 11.4 Å². The maximum Gasteiger partial charge on any atom is 0.255 e. The Bertz CT molecular complexity index is 1160. The lowest BCUT2D eigenvalue weighted by molar-refractivity contribution is 0.102. The van der Waals surface area contributed by atoms with Gasteiger partial charge in [0, 0.05) is 21.9 Å². The van der Waals surface area contributed by atoms with Gasteiger partial charge in [-0.25, -0.2) is 8.42 Å². The molecule has 29 heavy (non-hydrogen) atoms. The van der Waals surface area contributed by atoms with Crippen molar-refractivity contribution in [2.45, 2.75) is 16.2 Å². The number of anilines is 2. The van der Waals surface area contributed by atoms with Gasteiger partial charge in [-0.3, -0.25) is 9.10 Å². The smallest absolute Gasteiger partial charge is 0.255 e. The number of hydrogen-bond acceptors (Lipinski definition) is 4. The number of sulfonamides is 1. The van der Waals surface area contributed by atoms with E-state index in [1.54, 1.807) is 30.0 Å². The highest BCUT2D eigenvalue weighted by atomic mass is 32.2. The van der Waals surface area contributed by atoms with Crippen molar-refractivity contribution in [3.63, 3.8) is 0 Å². The van der Waals surface area contributed by atoms with Gasteiger partial charge in [0.1, 0.15) is 0 Å². The zero-order chi connectivity index (χ0) is 20.4. The Kier molecular flexibility index (Phi) is 5.34. The summed E-state index contributed by atoms with van der Waals surface area (Å²) in [6.45, 7) is 0.412. The normalized spacial score (nSPS) is 13.2. The summed E-state index contributed by atoms with van der Waals surface area (Å²) in [5.41, 5.74) is 2.78. The molecule has 0 saturated heterocycles. The SMILES string of the molecule is CS(=O)(=O)N1CCc2cc(C(=O)Nc3ccccc3Sc3ccccc3)ccc21. The van der Waals surface area contributed by atoms with Gasteiger partial charge in [-0.05, 0) is 54.4 Å². The van der Waals surface area contributed by atoms with Crippen molar-refractivity contribution in [2.24, 2.45) is 0 Å². The molecule has 5 nitrogen and oxygen atoms in total. The summed E-state index contributed by atoms with van der Waals surface area (Å²) < 4.78 is 25.2. The molecule has 0 atom stereocenters. The summed E-state index contributed by atoms with van der Waals surface area (Å²) in [4.78, 5) is 14.9. The van der Waals surface area contributed by atoms with E-state index in [4.69, 9.17) is 0 Å². The molecule has 1 N–H and O–H groups in total. The average Bonchev–Trinajstić information content (AvgIpc) is 3.14. The van der Waals surface area contributed by atoms with Crippen molar-refractivity contribution >= 4 is 39.1 Å². The van der Waals surface area contributed by atoms with Gasteiger partial charge in [-0.15, -0.1) is 0 Å². The number of benzene rings is 3. The van der Waals surface area contributed by atoms with Crippen molar-refractivity contribution in [2.75, 3.05) is 22.4 Å². The third-order valence-electron chi connectivity index (χ3n) is 4.70. The highest BCUT2D eigenvalue weighted by Crippen LogP contribution is 2.34. The summed E-state index contributed by atoms with van der Waals surface area (Å²) in [5, 5.41) is 2.99. The highest BCUT2D eigenvalue weighted by Gasteiger charge is 2.26. The number of nitrogens with zero attached hydrogens (tertiary/aromatic N) is 1. The van der Waals surface area contributed by atoms with Crippen LogP contribution in [0.3, 0.4) is 0 Å². The van der Waals surface area contributed by atoms with Gasteiger partial charge in [-0.1, -0.05) is 42.1 Å². The van der Waals surface area contributed by atoms with Gasteiger partial charge in [-0.2, -0.15) is 0 Å². The number of carbonyl (C=O) groups is 1. The number of hydrogen-bond donors (Lipinski definition) is 1. The van der Waals surface area contributed by atoms with E-state index in [0.717, 1.165) is 21.0 Å². The number of para-hydroxylation sites is 1. The molecule has 1 aliphatic rings. The first-order valence-electron chi connectivity index (χ1n) is 9.16. The zero-order valence-electron chi connectivity index (χ0n) is 15.8. The van der Waals surface area contributed by atoms with Gasteiger partial charge in [0.05, 0.1) is 17.6 Å². The summed E-state index contributed by atoms with van der Waals surface area (Å²) in [6.07, 6.45) is 1.80. The van der Waals surface area contributed by atoms with E-state index in [-0.39, 0.29) is 5.91 Å². The van der Waals surface area contributed by atoms with E-state index in [1.807, 2.05) is 54.6 Å². The van der Waals surface area contributed by atoms with Crippen LogP contribution in [-0.4, -0.2) is 27.1 Å². The van der Waals surface area contributed by atoms with Crippen LogP contribution < -0.4 is 9.62 Å². The van der Waals surface area contributed by atoms with E-state index in [9.17, 15) is 13.2 Å². The third-order valence-corrected chi connectivity index (χ3v) is 6.96. The molecule has 3 aromatic rings. The van der Waals surface area contributed by atoms with Gasteiger partial charge in [0.15, 0.2) is 0 Å². The van der Waals surface area contributed by atoms with Gasteiger partial charge >= 0.3 is 0 Å². The minimum absolute atomic E-state index is 0.216. The molecule has 0 aliphatic carbocycles. The third kappa shape index (κ3) is 4.31. The molecule has 0 fully saturated rings. The molecule has 0 unspecified atom stereocenters. The summed E-state index contributed by atoms with van der Waals surface area (Å²) >= 11 is 1.59. The second-order valence-corrected chi connectivity index (χ2v) is 9.82. The second-order valence-electron chi connectivity index (χ2n) is 6.79. The first kappa shape index (κ1) is 19.5. The molecule has 1 heterocycles. The molecule has 1 amide bonds. The monoisotopic (exact) mass is 424 g/mol. The van der Waals surface area contributed by atoms with Gasteiger partial charge < -0.3 is 5.32 Å². The average molecular weight is 425 g/mol. The van der Waals surface area contributed by atoms with E-state index in [1.165, 1.54) is 10.6 Å². The van der Waals surface area contributed by atoms with Crippen LogP contribution in [0.25, 0.3) is 0 Å². The zero-order valence-corrected chi connectivity index (χ0v) is 17.5. The topological polar surface area (TPSA) is 66.5 Å². The maximum atomic E-state index is 12.8. The number of fused-ring (bicyclic) bond motifs is 1. The molecular formula is C22H20N2O3S2. The van der Waals surface area contributed by atoms with Crippen LogP contribution in [0.15, 0.2) is 82.6 Å². The first-order chi connectivity index (χ1) is 13.9. The Morgan fingerprint density at radius 2 is 1.72 bits per heavy atom. The lowest BCUT2D eigenvalue weighted by Crippen LogP contribution is -2.27. The second kappa shape index (κ2) is 7.93. The minimum atomic E-state index is -3.30. The van der Waals surface area contributed by atoms with Crippen LogP contribution in [0.2, 0.25) is 0 Å². The van der Waals surface area contributed by atoms with Crippen molar-refractivity contribution in [1.29, 1.82) is 0 Å². The summed E-state index contributed by atoms with van der Waals surface area (Å²) in [6, 6.07) is 22.8. The molecule has 0 bridgehead atoms. The van der Waals surface area contributed by atoms with Gasteiger partial charge in [0.2, 0.25) is 10.0 Å². The Morgan fingerprint density at radius 3 is 2.48 bits per heavy atom. The number of amides is 1. The van der Waals surface area contributed by atoms with Crippen LogP contribution in [-0.2, 0) is 16.4 Å². The highest BCUT2D eigenvalue weighted by molar-refractivity contribution is 7.99. The lowest BCUT2D eigenvalue weighted by Gasteiger charge is -2.16. The van der Waals surface area contributed by atoms with Crippen LogP contribution >= 0.6 is 11.8 Å². The molecular weight excluding hydrogens is 404 g/mol. The minimum Gasteiger partial charge on any atom is -0.321 e. The molecule has 0 saturated carbocycles. The predicted molar refractivity (Wildman–Crippen MR) is 117 cm³/mol. The van der Waals surface area contributed by atoms with Crippen molar-refractivity contribution in [3.05, 3.63) is 83.9 Å². The Labute approximate surface area is 174 Å². The molecule has 0 aromatic heterocycles. The predicted octanol–water partition coefficient (Wildman–Crippen LogP) is 4.41. The molecule has 3 aromatic carbocycles. The lowest BCUT2D eigenvalue weighted by atomic mass is 10.1. The quantitative estimate of drug-likeness (QED) is 0.659. The Hall–Kier alpha value is -2.77. The maximum absolute atomic E-state index is 12.8. The van der Waals surface area contributed by atoms with E-state index >= 15 is 0 Å². The molecule has 1 aliphatic heterocycles. The standard InChI is InChI=1S/C22H20N2O3S2/c1-29(26,27)24-14-13-16-15-17(11-12-20(16)24)22(25)23-19-9-5-6-10-21(19)28-18-7-3-2-4-8-18/h2-12,15H,13-14H2,1H3,(H,23,25). The fourth-order valence-electron chi connectivity index (χ4n) is 3.33. The largest absolute Gasteiger partial charge is 0.321 e. The molecule has 4 rings (SSSR count). The first-order valence-corrected chi connectivity index (χ1v) is 11.8. The van der Waals surface area contributed by atoms with Crippen LogP contribution in [0.1, 0.15) is 15.9 Å². The van der Waals surface area contributed by atoms with Crippen LogP contribution in [0, 0.1) is 0 Å². The van der Waals surface area contributed by atoms with E-state index in [0.29, 0.717) is 24.2 Å². The Morgan fingerprint density at radius 1 is 1.00 bits per heavy atom. The molecule has 7 heteroatoms. The summed E-state index contributed by atoms with van der Waals surface area (Å²) in [7, 11) is -3.30. The van der Waals surface area contributed by atoms with Crippen molar-refractivity contribution in [1.82, 2.24) is 0 Å². The fraction of sp³-hybridized carbons (Fsp3) is 0.136. The molecule has 0 radical (unpaired) electrons. The number of nitrogens with one attached hydrogen (secondary N) is 1. The van der Waals surface area contributed by atoms with E-state index < -0.39 is 10.0 Å². The summed E-state index contributed by atoms with van der Waals surface area (Å²) in [5.74, 6) is -0.216. The molecule has 0 spiro atoms. The number of rotatable bonds is 5. The number of carbonyl (C=O) groups excluding carboxylic acids is 1. The molecule has 148 valence electrons. The fourth-order valence-corrected chi connectivity index (χ4v) is 5.21. The Balaban J connectivity index is 1.55. The van der Waals surface area contributed by atoms with Gasteiger partial charge in [0.25, 0.3) is 5.91 Å². The van der Waals surface area contributed by atoms with Crippen LogP contribution in [0.5, 0.6) is 0 Å².